The Bertz CT molecular complexity index is 432. The van der Waals surface area contributed by atoms with Crippen molar-refractivity contribution < 1.29 is 9.90 Å². The van der Waals surface area contributed by atoms with Gasteiger partial charge in [0.25, 0.3) is 0 Å². The van der Waals surface area contributed by atoms with Gasteiger partial charge >= 0.3 is 0 Å². The van der Waals surface area contributed by atoms with Gasteiger partial charge in [0.2, 0.25) is 5.91 Å². The fraction of sp³-hybridized carbons (Fsp3) is 0.400. The Balaban J connectivity index is 2.43. The first-order valence-corrected chi connectivity index (χ1v) is 6.81. The Hall–Kier alpha value is -1.32. The fourth-order valence-electron chi connectivity index (χ4n) is 1.65. The van der Waals surface area contributed by atoms with Crippen LogP contribution in [0.1, 0.15) is 24.8 Å². The van der Waals surface area contributed by atoms with E-state index in [2.05, 4.69) is 0 Å². The van der Waals surface area contributed by atoms with Gasteiger partial charge in [0.1, 0.15) is 0 Å². The number of hydrogen-bond donors (Lipinski definition) is 1. The number of carbonyl (C=O) groups is 1. The molecule has 0 aromatic heterocycles. The molecule has 0 aliphatic heterocycles. The summed E-state index contributed by atoms with van der Waals surface area (Å²) in [5, 5.41) is 9.31. The van der Waals surface area contributed by atoms with E-state index in [1.807, 2.05) is 18.2 Å². The second kappa shape index (κ2) is 8.73. The molecule has 0 atom stereocenters. The summed E-state index contributed by atoms with van der Waals surface area (Å²) in [7, 11) is 1.78. The van der Waals surface area contributed by atoms with Gasteiger partial charge in [-0.3, -0.25) is 4.79 Å². The fourth-order valence-corrected chi connectivity index (χ4v) is 1.85. The number of amides is 1. The highest BCUT2D eigenvalue weighted by Gasteiger charge is 2.04. The standard InChI is InChI=1S/C15H20ClNO2/c1-17(11-5-2-6-12-18)15(19)10-9-13-7-3-4-8-14(13)16/h3-4,7-10,18H,2,5-6,11-12H2,1H3/b10-9+. The number of rotatable bonds is 7. The van der Waals surface area contributed by atoms with Crippen molar-refractivity contribution in [1.82, 2.24) is 4.90 Å². The Kier molecular flexibility index (Phi) is 7.23. The lowest BCUT2D eigenvalue weighted by Gasteiger charge is -2.14. The van der Waals surface area contributed by atoms with E-state index in [4.69, 9.17) is 16.7 Å². The summed E-state index contributed by atoms with van der Waals surface area (Å²) in [6.07, 6.45) is 5.89. The van der Waals surface area contributed by atoms with Gasteiger partial charge in [-0.05, 0) is 37.0 Å². The van der Waals surface area contributed by atoms with E-state index in [0.29, 0.717) is 11.6 Å². The lowest BCUT2D eigenvalue weighted by molar-refractivity contribution is -0.124. The summed E-state index contributed by atoms with van der Waals surface area (Å²) in [5.74, 6) is -0.0380. The molecule has 0 spiro atoms. The van der Waals surface area contributed by atoms with Crippen LogP contribution >= 0.6 is 11.6 Å². The molecule has 0 bridgehead atoms. The number of hydrogen-bond acceptors (Lipinski definition) is 2. The van der Waals surface area contributed by atoms with Gasteiger partial charge in [-0.2, -0.15) is 0 Å². The zero-order valence-corrected chi connectivity index (χ0v) is 11.9. The third kappa shape index (κ3) is 5.90. The summed E-state index contributed by atoms with van der Waals surface area (Å²) in [6.45, 7) is 0.912. The van der Waals surface area contributed by atoms with Crippen LogP contribution in [0.3, 0.4) is 0 Å². The molecule has 1 amide bonds. The molecule has 1 aromatic carbocycles. The Labute approximate surface area is 119 Å². The third-order valence-corrected chi connectivity index (χ3v) is 3.18. The molecule has 0 saturated heterocycles. The van der Waals surface area contributed by atoms with Crippen LogP contribution in [0.15, 0.2) is 30.3 Å². The second-order valence-corrected chi connectivity index (χ2v) is 4.81. The topological polar surface area (TPSA) is 40.5 Å². The first kappa shape index (κ1) is 15.7. The van der Waals surface area contributed by atoms with Crippen molar-refractivity contribution >= 4 is 23.6 Å². The predicted octanol–water partition coefficient (Wildman–Crippen LogP) is 2.97. The molecule has 1 N–H and O–H groups in total. The number of carbonyl (C=O) groups excluding carboxylic acids is 1. The van der Waals surface area contributed by atoms with Crippen molar-refractivity contribution in [3.63, 3.8) is 0 Å². The summed E-state index contributed by atoms with van der Waals surface area (Å²) in [4.78, 5) is 13.5. The number of aliphatic hydroxyl groups excluding tert-OH is 1. The number of unbranched alkanes of at least 4 members (excludes halogenated alkanes) is 2. The van der Waals surface area contributed by atoms with Crippen molar-refractivity contribution in [2.75, 3.05) is 20.2 Å². The normalized spacial score (nSPS) is 10.9. The molecule has 0 radical (unpaired) electrons. The largest absolute Gasteiger partial charge is 0.396 e. The molecule has 0 heterocycles. The predicted molar refractivity (Wildman–Crippen MR) is 79.1 cm³/mol. The van der Waals surface area contributed by atoms with Crippen molar-refractivity contribution in [1.29, 1.82) is 0 Å². The van der Waals surface area contributed by atoms with Gasteiger partial charge < -0.3 is 10.0 Å². The maximum absolute atomic E-state index is 11.8. The average Bonchev–Trinajstić information content (AvgIpc) is 2.42. The minimum atomic E-state index is -0.0380. The van der Waals surface area contributed by atoms with Crippen LogP contribution in [-0.4, -0.2) is 36.1 Å². The van der Waals surface area contributed by atoms with Crippen LogP contribution in [-0.2, 0) is 4.79 Å². The molecule has 1 aromatic rings. The van der Waals surface area contributed by atoms with E-state index in [-0.39, 0.29) is 12.5 Å². The molecule has 0 aliphatic rings. The number of aliphatic hydroxyl groups is 1. The second-order valence-electron chi connectivity index (χ2n) is 4.40. The summed E-state index contributed by atoms with van der Waals surface area (Å²) in [5.41, 5.74) is 0.839. The number of nitrogens with zero attached hydrogens (tertiary/aromatic N) is 1. The van der Waals surface area contributed by atoms with Crippen LogP contribution in [0, 0.1) is 0 Å². The Morgan fingerprint density at radius 2 is 2.05 bits per heavy atom. The van der Waals surface area contributed by atoms with E-state index >= 15 is 0 Å². The molecule has 0 saturated carbocycles. The lowest BCUT2D eigenvalue weighted by Crippen LogP contribution is -2.25. The molecule has 0 fully saturated rings. The van der Waals surface area contributed by atoms with Crippen molar-refractivity contribution in [3.8, 4) is 0 Å². The van der Waals surface area contributed by atoms with Crippen LogP contribution < -0.4 is 0 Å². The quantitative estimate of drug-likeness (QED) is 0.617. The molecule has 4 heteroatoms. The highest BCUT2D eigenvalue weighted by Crippen LogP contribution is 2.16. The van der Waals surface area contributed by atoms with Crippen LogP contribution in [0.25, 0.3) is 6.08 Å². The van der Waals surface area contributed by atoms with Gasteiger partial charge in [-0.25, -0.2) is 0 Å². The number of halogens is 1. The summed E-state index contributed by atoms with van der Waals surface area (Å²) >= 11 is 6.01. The molecule has 0 unspecified atom stereocenters. The minimum Gasteiger partial charge on any atom is -0.396 e. The molecule has 104 valence electrons. The highest BCUT2D eigenvalue weighted by molar-refractivity contribution is 6.32. The van der Waals surface area contributed by atoms with Crippen molar-refractivity contribution in [3.05, 3.63) is 40.9 Å². The monoisotopic (exact) mass is 281 g/mol. The zero-order valence-electron chi connectivity index (χ0n) is 11.2. The number of likely N-dealkylation sites (N-methyl/N-ethyl adjacent to an activating group) is 1. The molecular formula is C15H20ClNO2. The van der Waals surface area contributed by atoms with Crippen molar-refractivity contribution in [2.45, 2.75) is 19.3 Å². The maximum atomic E-state index is 11.8. The van der Waals surface area contributed by atoms with E-state index in [9.17, 15) is 4.79 Å². The first-order valence-electron chi connectivity index (χ1n) is 6.43. The Morgan fingerprint density at radius 1 is 1.32 bits per heavy atom. The lowest BCUT2D eigenvalue weighted by atomic mass is 10.2. The van der Waals surface area contributed by atoms with Gasteiger partial charge in [-0.15, -0.1) is 0 Å². The zero-order chi connectivity index (χ0) is 14.1. The smallest absolute Gasteiger partial charge is 0.246 e. The molecule has 1 rings (SSSR count). The van der Waals surface area contributed by atoms with E-state index in [1.165, 1.54) is 6.08 Å². The number of benzene rings is 1. The molecule has 0 aliphatic carbocycles. The SMILES string of the molecule is CN(CCCCCO)C(=O)/C=C/c1ccccc1Cl. The van der Waals surface area contributed by atoms with Crippen LogP contribution in [0.4, 0.5) is 0 Å². The Morgan fingerprint density at radius 3 is 2.74 bits per heavy atom. The summed E-state index contributed by atoms with van der Waals surface area (Å²) in [6, 6.07) is 7.40. The van der Waals surface area contributed by atoms with E-state index in [1.54, 1.807) is 24.1 Å². The molecule has 3 nitrogen and oxygen atoms in total. The van der Waals surface area contributed by atoms with Gasteiger partial charge in [-0.1, -0.05) is 29.8 Å². The van der Waals surface area contributed by atoms with Gasteiger partial charge in [0.05, 0.1) is 0 Å². The van der Waals surface area contributed by atoms with Gasteiger partial charge in [0.15, 0.2) is 0 Å². The van der Waals surface area contributed by atoms with Crippen molar-refractivity contribution in [2.24, 2.45) is 0 Å². The molecular weight excluding hydrogens is 262 g/mol. The van der Waals surface area contributed by atoms with E-state index < -0.39 is 0 Å². The third-order valence-electron chi connectivity index (χ3n) is 2.84. The van der Waals surface area contributed by atoms with E-state index in [0.717, 1.165) is 24.8 Å². The maximum Gasteiger partial charge on any atom is 0.246 e. The van der Waals surface area contributed by atoms with Crippen LogP contribution in [0.2, 0.25) is 5.02 Å². The molecule has 19 heavy (non-hydrogen) atoms. The highest BCUT2D eigenvalue weighted by atomic mass is 35.5. The summed E-state index contributed by atoms with van der Waals surface area (Å²) < 4.78 is 0. The average molecular weight is 282 g/mol. The minimum absolute atomic E-state index is 0.0380. The van der Waals surface area contributed by atoms with Gasteiger partial charge in [0, 0.05) is 31.3 Å². The van der Waals surface area contributed by atoms with Crippen LogP contribution in [0.5, 0.6) is 0 Å². The first-order chi connectivity index (χ1) is 9.15.